The number of hydrogen-bond acceptors (Lipinski definition) is 3. The van der Waals surface area contributed by atoms with E-state index in [2.05, 4.69) is 5.10 Å². The topological polar surface area (TPSA) is 55.2 Å². The average molecular weight is 444 g/mol. The van der Waals surface area contributed by atoms with Gasteiger partial charge in [0.25, 0.3) is 17.4 Å². The highest BCUT2D eigenvalue weighted by atomic mass is 35.5. The smallest absolute Gasteiger partial charge is 0.279 e. The Morgan fingerprint density at radius 2 is 1.90 bits per heavy atom. The van der Waals surface area contributed by atoms with Crippen molar-refractivity contribution >= 4 is 28.3 Å². The van der Waals surface area contributed by atoms with Crippen molar-refractivity contribution in [1.29, 1.82) is 0 Å². The molecular weight excluding hydrogens is 424 g/mol. The number of nitrogens with zero attached hydrogens (tertiary/aromatic N) is 3. The van der Waals surface area contributed by atoms with Gasteiger partial charge in [0.1, 0.15) is 0 Å². The Bertz CT molecular complexity index is 1310. The zero-order valence-corrected chi connectivity index (χ0v) is 17.8. The molecule has 2 heterocycles. The second-order valence-corrected chi connectivity index (χ2v) is 9.05. The molecule has 1 saturated heterocycles. The second kappa shape index (κ2) is 6.60. The number of piperidine rings is 1. The molecule has 5 nitrogen and oxygen atoms in total. The lowest BCUT2D eigenvalue weighted by atomic mass is 9.97. The van der Waals surface area contributed by atoms with Gasteiger partial charge in [-0.2, -0.15) is 9.78 Å². The minimum absolute atomic E-state index is 0.0200. The van der Waals surface area contributed by atoms with E-state index in [1.165, 1.54) is 4.90 Å². The maximum Gasteiger partial charge on any atom is 0.279 e. The quantitative estimate of drug-likeness (QED) is 0.587. The summed E-state index contributed by atoms with van der Waals surface area (Å²) in [5.41, 5.74) is -0.0689. The molecule has 2 fully saturated rings. The number of hydrogen-bond donors (Lipinski definition) is 0. The van der Waals surface area contributed by atoms with Gasteiger partial charge in [0.05, 0.1) is 17.0 Å². The van der Waals surface area contributed by atoms with Gasteiger partial charge < -0.3 is 4.90 Å². The molecule has 8 heteroatoms. The van der Waals surface area contributed by atoms with Gasteiger partial charge in [0.2, 0.25) is 0 Å². The molecular formula is C23H20ClF2N3O2. The number of fused-ring (bicyclic) bond motifs is 2. The third-order valence-electron chi connectivity index (χ3n) is 6.88. The number of likely N-dealkylation sites (tertiary alicyclic amines) is 1. The first-order valence-corrected chi connectivity index (χ1v) is 10.5. The lowest BCUT2D eigenvalue weighted by Gasteiger charge is -2.28. The van der Waals surface area contributed by atoms with Crippen molar-refractivity contribution < 1.29 is 13.6 Å². The Morgan fingerprint density at radius 1 is 1.19 bits per heavy atom. The highest BCUT2D eigenvalue weighted by molar-refractivity contribution is 6.31. The molecule has 31 heavy (non-hydrogen) atoms. The first-order valence-electron chi connectivity index (χ1n) is 10.1. The summed E-state index contributed by atoms with van der Waals surface area (Å²) in [6, 6.07) is 11.8. The van der Waals surface area contributed by atoms with Gasteiger partial charge >= 0.3 is 0 Å². The van der Waals surface area contributed by atoms with Gasteiger partial charge in [-0.15, -0.1) is 0 Å². The molecule has 0 bridgehead atoms. The highest BCUT2D eigenvalue weighted by Crippen LogP contribution is 2.69. The fraction of sp³-hybridized carbons (Fsp3) is 0.348. The number of carbonyl (C=O) groups is 1. The van der Waals surface area contributed by atoms with Gasteiger partial charge in [-0.3, -0.25) is 9.59 Å². The first kappa shape index (κ1) is 20.1. The molecule has 160 valence electrons. The summed E-state index contributed by atoms with van der Waals surface area (Å²) in [4.78, 5) is 27.9. The van der Waals surface area contributed by atoms with E-state index in [9.17, 15) is 18.4 Å². The van der Waals surface area contributed by atoms with Crippen LogP contribution in [-0.4, -0.2) is 39.6 Å². The van der Waals surface area contributed by atoms with Crippen molar-refractivity contribution in [2.24, 2.45) is 11.3 Å². The van der Waals surface area contributed by atoms with Crippen LogP contribution in [0.4, 0.5) is 8.78 Å². The molecule has 1 aliphatic carbocycles. The van der Waals surface area contributed by atoms with Gasteiger partial charge in [-0.1, -0.05) is 42.8 Å². The minimum atomic E-state index is -2.75. The number of carbonyl (C=O) groups excluding carboxylic acids is 1. The van der Waals surface area contributed by atoms with Crippen LogP contribution in [0.2, 0.25) is 5.02 Å². The van der Waals surface area contributed by atoms with Crippen molar-refractivity contribution in [2.45, 2.75) is 26.2 Å². The standard InChI is InChI=1S/C23H20ClF2N3O2/c1-13-7-8-14(11-17(13)24)29-20(30)16-6-4-3-5-15(16)19(27-29)21(31)28-10-9-22(2)18(12-28)23(22,25)26/h3-8,11,18H,9-10,12H2,1-2H3. The van der Waals surface area contributed by atoms with Crippen molar-refractivity contribution in [3.05, 3.63) is 69.1 Å². The predicted molar refractivity (Wildman–Crippen MR) is 114 cm³/mol. The summed E-state index contributed by atoms with van der Waals surface area (Å²) in [6.45, 7) is 3.63. The van der Waals surface area contributed by atoms with Crippen molar-refractivity contribution in [2.75, 3.05) is 13.1 Å². The number of alkyl halides is 2. The Hall–Kier alpha value is -2.80. The van der Waals surface area contributed by atoms with Crippen LogP contribution in [-0.2, 0) is 0 Å². The third-order valence-corrected chi connectivity index (χ3v) is 7.29. The Labute approximate surface area is 182 Å². The van der Waals surface area contributed by atoms with Gasteiger partial charge in [-0.05, 0) is 37.1 Å². The number of halogens is 3. The SMILES string of the molecule is Cc1ccc(-n2nc(C(=O)N3CCC4(C)C(C3)C4(F)F)c3ccccc3c2=O)cc1Cl. The summed E-state index contributed by atoms with van der Waals surface area (Å²) in [7, 11) is 0. The van der Waals surface area contributed by atoms with E-state index in [1.54, 1.807) is 49.4 Å². The molecule has 2 atom stereocenters. The maximum atomic E-state index is 14.2. The fourth-order valence-electron chi connectivity index (χ4n) is 4.58. The summed E-state index contributed by atoms with van der Waals surface area (Å²) in [6.07, 6.45) is 0.238. The van der Waals surface area contributed by atoms with E-state index >= 15 is 0 Å². The molecule has 2 unspecified atom stereocenters. The fourth-order valence-corrected chi connectivity index (χ4v) is 4.76. The molecule has 1 saturated carbocycles. The molecule has 3 aromatic rings. The summed E-state index contributed by atoms with van der Waals surface area (Å²) in [5.74, 6) is -4.05. The molecule has 2 aliphatic rings. The molecule has 5 rings (SSSR count). The van der Waals surface area contributed by atoms with Crippen LogP contribution in [0.15, 0.2) is 47.3 Å². The highest BCUT2D eigenvalue weighted by Gasteiger charge is 2.78. The molecule has 1 amide bonds. The van der Waals surface area contributed by atoms with Gasteiger partial charge in [0, 0.05) is 28.9 Å². The monoisotopic (exact) mass is 443 g/mol. The Morgan fingerprint density at radius 3 is 2.58 bits per heavy atom. The first-order chi connectivity index (χ1) is 14.6. The lowest BCUT2D eigenvalue weighted by molar-refractivity contribution is 0.0635. The Kier molecular flexibility index (Phi) is 4.28. The van der Waals surface area contributed by atoms with Crippen molar-refractivity contribution in [1.82, 2.24) is 14.7 Å². The summed E-state index contributed by atoms with van der Waals surface area (Å²) in [5, 5.41) is 5.58. The zero-order valence-electron chi connectivity index (χ0n) is 17.0. The third kappa shape index (κ3) is 2.82. The van der Waals surface area contributed by atoms with E-state index in [1.807, 2.05) is 6.92 Å². The van der Waals surface area contributed by atoms with E-state index in [0.29, 0.717) is 21.5 Å². The predicted octanol–water partition coefficient (Wildman–Crippen LogP) is 4.46. The number of aryl methyl sites for hydroxylation is 1. The average Bonchev–Trinajstić information content (AvgIpc) is 3.21. The van der Waals surface area contributed by atoms with E-state index in [-0.39, 0.29) is 30.8 Å². The molecule has 1 aromatic heterocycles. The molecule has 2 aromatic carbocycles. The number of aromatic nitrogens is 2. The number of rotatable bonds is 2. The van der Waals surface area contributed by atoms with Crippen LogP contribution in [0.1, 0.15) is 29.4 Å². The van der Waals surface area contributed by atoms with Crippen LogP contribution in [0.25, 0.3) is 16.5 Å². The van der Waals surface area contributed by atoms with Crippen LogP contribution in [0.5, 0.6) is 0 Å². The van der Waals surface area contributed by atoms with Crippen LogP contribution >= 0.6 is 11.6 Å². The van der Waals surface area contributed by atoms with Crippen molar-refractivity contribution in [3.8, 4) is 5.69 Å². The second-order valence-electron chi connectivity index (χ2n) is 8.64. The molecule has 1 aliphatic heterocycles. The number of benzene rings is 2. The largest absolute Gasteiger partial charge is 0.337 e. The zero-order chi connectivity index (χ0) is 22.1. The molecule has 0 radical (unpaired) electrons. The number of amides is 1. The van der Waals surface area contributed by atoms with E-state index < -0.39 is 23.2 Å². The van der Waals surface area contributed by atoms with Crippen molar-refractivity contribution in [3.63, 3.8) is 0 Å². The minimum Gasteiger partial charge on any atom is -0.337 e. The van der Waals surface area contributed by atoms with Gasteiger partial charge in [-0.25, -0.2) is 8.78 Å². The Balaban J connectivity index is 1.62. The normalized spacial score (nSPS) is 24.2. The van der Waals surface area contributed by atoms with Gasteiger partial charge in [0.15, 0.2) is 5.69 Å². The maximum absolute atomic E-state index is 14.2. The van der Waals surface area contributed by atoms with E-state index in [4.69, 9.17) is 11.6 Å². The van der Waals surface area contributed by atoms with Crippen LogP contribution < -0.4 is 5.56 Å². The molecule has 0 spiro atoms. The summed E-state index contributed by atoms with van der Waals surface area (Å²) >= 11 is 6.23. The summed E-state index contributed by atoms with van der Waals surface area (Å²) < 4.78 is 29.5. The van der Waals surface area contributed by atoms with E-state index in [0.717, 1.165) is 10.2 Å². The molecule has 0 N–H and O–H groups in total. The van der Waals surface area contributed by atoms with Crippen LogP contribution in [0, 0.1) is 18.3 Å². The van der Waals surface area contributed by atoms with Crippen LogP contribution in [0.3, 0.4) is 0 Å². The lowest BCUT2D eigenvalue weighted by Crippen LogP contribution is -2.40.